The molecule has 6 heteroatoms. The number of rotatable bonds is 5. The van der Waals surface area contributed by atoms with Crippen molar-refractivity contribution in [3.8, 4) is 10.6 Å². The van der Waals surface area contributed by atoms with Crippen LogP contribution < -0.4 is 5.32 Å². The molecule has 0 saturated heterocycles. The van der Waals surface area contributed by atoms with Crippen molar-refractivity contribution >= 4 is 22.7 Å². The second kappa shape index (κ2) is 6.43. The van der Waals surface area contributed by atoms with E-state index in [0.717, 1.165) is 27.8 Å². The Kier molecular flexibility index (Phi) is 4.38. The van der Waals surface area contributed by atoms with Crippen molar-refractivity contribution in [3.05, 3.63) is 57.2 Å². The van der Waals surface area contributed by atoms with Gasteiger partial charge in [0.05, 0.1) is 5.69 Å². The second-order valence-electron chi connectivity index (χ2n) is 4.62. The van der Waals surface area contributed by atoms with Crippen molar-refractivity contribution in [3.63, 3.8) is 0 Å². The number of halogens is 1. The van der Waals surface area contributed by atoms with Crippen LogP contribution in [0.1, 0.15) is 15.6 Å². The number of aromatic nitrogens is 2. The lowest BCUT2D eigenvalue weighted by atomic mass is 10.2. The van der Waals surface area contributed by atoms with Crippen LogP contribution in [0.25, 0.3) is 10.6 Å². The lowest BCUT2D eigenvalue weighted by Gasteiger charge is -1.99. The second-order valence-corrected chi connectivity index (χ2v) is 6.80. The van der Waals surface area contributed by atoms with Gasteiger partial charge in [-0.1, -0.05) is 0 Å². The molecule has 2 aromatic heterocycles. The van der Waals surface area contributed by atoms with E-state index in [9.17, 15) is 4.39 Å². The van der Waals surface area contributed by atoms with Gasteiger partial charge in [-0.3, -0.25) is 0 Å². The Morgan fingerprint density at radius 3 is 2.71 bits per heavy atom. The molecule has 0 fully saturated rings. The highest BCUT2D eigenvalue weighted by atomic mass is 32.1. The van der Waals surface area contributed by atoms with Crippen LogP contribution in [-0.2, 0) is 13.1 Å². The molecule has 0 aliphatic heterocycles. The molecule has 0 spiro atoms. The molecule has 0 saturated carbocycles. The minimum atomic E-state index is -0.226. The fourth-order valence-corrected chi connectivity index (χ4v) is 3.48. The van der Waals surface area contributed by atoms with E-state index in [4.69, 9.17) is 0 Å². The molecule has 1 N–H and O–H groups in total. The molecule has 21 heavy (non-hydrogen) atoms. The summed E-state index contributed by atoms with van der Waals surface area (Å²) in [6.45, 7) is 3.51. The van der Waals surface area contributed by atoms with Gasteiger partial charge >= 0.3 is 0 Å². The fraction of sp³-hybridized carbons (Fsp3) is 0.200. The zero-order chi connectivity index (χ0) is 14.7. The molecular formula is C15H14FN3S2. The fourth-order valence-electron chi connectivity index (χ4n) is 1.89. The van der Waals surface area contributed by atoms with E-state index in [1.807, 2.05) is 11.6 Å². The van der Waals surface area contributed by atoms with E-state index in [2.05, 4.69) is 22.2 Å². The van der Waals surface area contributed by atoms with Crippen LogP contribution in [-0.4, -0.2) is 9.97 Å². The number of nitrogens with zero attached hydrogens (tertiary/aromatic N) is 2. The maximum absolute atomic E-state index is 12.9. The van der Waals surface area contributed by atoms with Gasteiger partial charge in [0, 0.05) is 35.1 Å². The maximum Gasteiger partial charge on any atom is 0.123 e. The van der Waals surface area contributed by atoms with Crippen molar-refractivity contribution in [2.75, 3.05) is 0 Å². The SMILES string of the molecule is Cc1cnc(CNCc2csc(-c3ccc(F)cc3)n2)s1. The van der Waals surface area contributed by atoms with Crippen LogP contribution in [0, 0.1) is 12.7 Å². The lowest BCUT2D eigenvalue weighted by molar-refractivity contribution is 0.628. The number of hydrogen-bond acceptors (Lipinski definition) is 5. The predicted octanol–water partition coefficient (Wildman–Crippen LogP) is 4.00. The summed E-state index contributed by atoms with van der Waals surface area (Å²) in [7, 11) is 0. The third-order valence-electron chi connectivity index (χ3n) is 2.89. The molecule has 3 rings (SSSR count). The van der Waals surface area contributed by atoms with Gasteiger partial charge in [-0.15, -0.1) is 22.7 Å². The van der Waals surface area contributed by atoms with Crippen LogP contribution >= 0.6 is 22.7 Å². The number of nitrogens with one attached hydrogen (secondary N) is 1. The van der Waals surface area contributed by atoms with Gasteiger partial charge in [0.15, 0.2) is 0 Å². The first kappa shape index (κ1) is 14.3. The minimum absolute atomic E-state index is 0.226. The van der Waals surface area contributed by atoms with Gasteiger partial charge in [-0.2, -0.15) is 0 Å². The average molecular weight is 319 g/mol. The first-order chi connectivity index (χ1) is 10.2. The van der Waals surface area contributed by atoms with Crippen molar-refractivity contribution in [1.29, 1.82) is 0 Å². The Morgan fingerprint density at radius 2 is 2.00 bits per heavy atom. The molecule has 3 aromatic rings. The van der Waals surface area contributed by atoms with Crippen molar-refractivity contribution in [2.24, 2.45) is 0 Å². The van der Waals surface area contributed by atoms with Gasteiger partial charge in [0.2, 0.25) is 0 Å². The highest BCUT2D eigenvalue weighted by molar-refractivity contribution is 7.13. The maximum atomic E-state index is 12.9. The van der Waals surface area contributed by atoms with Crippen molar-refractivity contribution in [2.45, 2.75) is 20.0 Å². The summed E-state index contributed by atoms with van der Waals surface area (Å²) in [5, 5.41) is 7.36. The Bertz CT molecular complexity index is 719. The molecular weight excluding hydrogens is 305 g/mol. The molecule has 0 amide bonds. The van der Waals surface area contributed by atoms with E-state index >= 15 is 0 Å². The summed E-state index contributed by atoms with van der Waals surface area (Å²) in [4.78, 5) is 10.1. The largest absolute Gasteiger partial charge is 0.305 e. The van der Waals surface area contributed by atoms with Crippen LogP contribution in [0.4, 0.5) is 4.39 Å². The molecule has 3 nitrogen and oxygen atoms in total. The zero-order valence-electron chi connectivity index (χ0n) is 11.5. The Labute approximate surface area is 130 Å². The number of benzene rings is 1. The normalized spacial score (nSPS) is 11.0. The molecule has 108 valence electrons. The highest BCUT2D eigenvalue weighted by Gasteiger charge is 2.05. The first-order valence-electron chi connectivity index (χ1n) is 6.53. The molecule has 1 aromatic carbocycles. The molecule has 2 heterocycles. The molecule has 0 aliphatic rings. The summed E-state index contributed by atoms with van der Waals surface area (Å²) >= 11 is 3.27. The average Bonchev–Trinajstić information content (AvgIpc) is 3.09. The van der Waals surface area contributed by atoms with Gasteiger partial charge in [0.1, 0.15) is 15.8 Å². The van der Waals surface area contributed by atoms with Crippen molar-refractivity contribution in [1.82, 2.24) is 15.3 Å². The topological polar surface area (TPSA) is 37.8 Å². The molecule has 0 unspecified atom stereocenters. The molecule has 0 atom stereocenters. The number of aryl methyl sites for hydroxylation is 1. The molecule has 0 bridgehead atoms. The Morgan fingerprint density at radius 1 is 1.19 bits per heavy atom. The standard InChI is InChI=1S/C15H14FN3S2/c1-10-6-18-14(21-10)8-17-7-13-9-20-15(19-13)11-2-4-12(16)5-3-11/h2-6,9,17H,7-8H2,1H3. The summed E-state index contributed by atoms with van der Waals surface area (Å²) in [6.07, 6.45) is 1.89. The van der Waals surface area contributed by atoms with Gasteiger partial charge < -0.3 is 5.32 Å². The van der Waals surface area contributed by atoms with Crippen molar-refractivity contribution < 1.29 is 4.39 Å². The molecule has 0 aliphatic carbocycles. The summed E-state index contributed by atoms with van der Waals surface area (Å²) in [6, 6.07) is 6.42. The monoisotopic (exact) mass is 319 g/mol. The van der Waals surface area contributed by atoms with E-state index in [0.29, 0.717) is 6.54 Å². The summed E-state index contributed by atoms with van der Waals surface area (Å²) in [5.74, 6) is -0.226. The smallest absolute Gasteiger partial charge is 0.123 e. The van der Waals surface area contributed by atoms with Gasteiger partial charge in [-0.05, 0) is 31.2 Å². The van der Waals surface area contributed by atoms with Gasteiger partial charge in [-0.25, -0.2) is 14.4 Å². The van der Waals surface area contributed by atoms with Crippen LogP contribution in [0.3, 0.4) is 0 Å². The third-order valence-corrected chi connectivity index (χ3v) is 4.75. The number of thiazole rings is 2. The van der Waals surface area contributed by atoms with Crippen LogP contribution in [0.15, 0.2) is 35.8 Å². The van der Waals surface area contributed by atoms with Gasteiger partial charge in [0.25, 0.3) is 0 Å². The van der Waals surface area contributed by atoms with Crippen LogP contribution in [0.2, 0.25) is 0 Å². The summed E-state index contributed by atoms with van der Waals surface area (Å²) < 4.78 is 12.9. The lowest BCUT2D eigenvalue weighted by Crippen LogP contribution is -2.12. The minimum Gasteiger partial charge on any atom is -0.305 e. The third kappa shape index (κ3) is 3.72. The van der Waals surface area contributed by atoms with Crippen LogP contribution in [0.5, 0.6) is 0 Å². The first-order valence-corrected chi connectivity index (χ1v) is 8.23. The molecule has 0 radical (unpaired) electrons. The van der Waals surface area contributed by atoms with E-state index < -0.39 is 0 Å². The summed E-state index contributed by atoms with van der Waals surface area (Å²) in [5.41, 5.74) is 1.94. The Balaban J connectivity index is 1.59. The number of hydrogen-bond donors (Lipinski definition) is 1. The van der Waals surface area contributed by atoms with E-state index in [1.54, 1.807) is 34.8 Å². The Hall–Kier alpha value is -1.63. The highest BCUT2D eigenvalue weighted by Crippen LogP contribution is 2.23. The van der Waals surface area contributed by atoms with E-state index in [-0.39, 0.29) is 5.82 Å². The quantitative estimate of drug-likeness (QED) is 0.772. The predicted molar refractivity (Wildman–Crippen MR) is 84.9 cm³/mol. The zero-order valence-corrected chi connectivity index (χ0v) is 13.1. The van der Waals surface area contributed by atoms with E-state index in [1.165, 1.54) is 17.0 Å².